The molecule has 21 heavy (non-hydrogen) atoms. The van der Waals surface area contributed by atoms with Crippen molar-refractivity contribution in [3.05, 3.63) is 22.5 Å². The quantitative estimate of drug-likeness (QED) is 0.624. The average molecular weight is 296 g/mol. The fourth-order valence-corrected chi connectivity index (χ4v) is 2.02. The number of aromatic nitrogens is 2. The Morgan fingerprint density at radius 3 is 2.81 bits per heavy atom. The maximum Gasteiger partial charge on any atom is 0.422 e. The van der Waals surface area contributed by atoms with Gasteiger partial charge in [-0.3, -0.25) is 0 Å². The second-order valence-corrected chi connectivity index (χ2v) is 5.06. The number of hydrogen-bond donors (Lipinski definition) is 0. The van der Waals surface area contributed by atoms with Gasteiger partial charge in [-0.15, -0.1) is 0 Å². The first-order valence-electron chi connectivity index (χ1n) is 6.68. The third kappa shape index (κ3) is 3.87. The van der Waals surface area contributed by atoms with Crippen LogP contribution in [0.15, 0.2) is 16.0 Å². The first kappa shape index (κ1) is 15.1. The number of carbonyl (C=O) groups is 1. The zero-order valence-corrected chi connectivity index (χ0v) is 12.0. The Balaban J connectivity index is 2.19. The van der Waals surface area contributed by atoms with E-state index in [1.54, 1.807) is 19.0 Å². The Labute approximate surface area is 121 Å². The van der Waals surface area contributed by atoms with Gasteiger partial charge >= 0.3 is 11.8 Å². The van der Waals surface area contributed by atoms with Crippen LogP contribution >= 0.6 is 0 Å². The summed E-state index contributed by atoms with van der Waals surface area (Å²) in [6.45, 7) is 0. The molecule has 1 aromatic rings. The minimum atomic E-state index is -0.912. The standard InChI is InChI=1S/C13H17FN4O3/c1-17(2)8-15-11-10(14)7-18(12(19)16-11)13(20)21-9-5-3-4-6-9/h7-9H,3-6H2,1-2H3/b15-8+. The van der Waals surface area contributed by atoms with Crippen LogP contribution in [-0.2, 0) is 4.74 Å². The van der Waals surface area contributed by atoms with Crippen molar-refractivity contribution in [2.75, 3.05) is 14.1 Å². The van der Waals surface area contributed by atoms with Crippen molar-refractivity contribution in [1.82, 2.24) is 14.5 Å². The van der Waals surface area contributed by atoms with Crippen LogP contribution in [0.25, 0.3) is 0 Å². The van der Waals surface area contributed by atoms with E-state index in [4.69, 9.17) is 4.74 Å². The van der Waals surface area contributed by atoms with Gasteiger partial charge in [0.15, 0.2) is 11.6 Å². The molecule has 0 radical (unpaired) electrons. The van der Waals surface area contributed by atoms with Gasteiger partial charge in [-0.2, -0.15) is 9.55 Å². The SMILES string of the molecule is CN(C)/C=N/c1nc(=O)n(C(=O)OC2CCCC2)cc1F. The molecular weight excluding hydrogens is 279 g/mol. The van der Waals surface area contributed by atoms with E-state index in [1.165, 1.54) is 6.34 Å². The van der Waals surface area contributed by atoms with Crippen LogP contribution in [0, 0.1) is 5.82 Å². The lowest BCUT2D eigenvalue weighted by Crippen LogP contribution is -2.32. The zero-order valence-electron chi connectivity index (χ0n) is 12.0. The summed E-state index contributed by atoms with van der Waals surface area (Å²) in [4.78, 5) is 32.3. The van der Waals surface area contributed by atoms with Gasteiger partial charge in [-0.1, -0.05) is 0 Å². The molecule has 1 aliphatic carbocycles. The van der Waals surface area contributed by atoms with Crippen molar-refractivity contribution in [3.63, 3.8) is 0 Å². The Morgan fingerprint density at radius 1 is 1.52 bits per heavy atom. The third-order valence-corrected chi connectivity index (χ3v) is 3.04. The topological polar surface area (TPSA) is 76.8 Å². The molecule has 0 atom stereocenters. The lowest BCUT2D eigenvalue weighted by atomic mass is 10.3. The van der Waals surface area contributed by atoms with Crippen LogP contribution in [0.1, 0.15) is 25.7 Å². The predicted octanol–water partition coefficient (Wildman–Crippen LogP) is 1.53. The van der Waals surface area contributed by atoms with Gasteiger partial charge < -0.3 is 9.64 Å². The van der Waals surface area contributed by atoms with Crippen molar-refractivity contribution in [2.24, 2.45) is 4.99 Å². The van der Waals surface area contributed by atoms with Crippen LogP contribution in [0.5, 0.6) is 0 Å². The largest absolute Gasteiger partial charge is 0.446 e. The molecule has 0 aromatic carbocycles. The zero-order chi connectivity index (χ0) is 15.4. The fraction of sp³-hybridized carbons (Fsp3) is 0.538. The smallest absolute Gasteiger partial charge is 0.422 e. The normalized spacial score (nSPS) is 15.6. The van der Waals surface area contributed by atoms with Gasteiger partial charge in [-0.05, 0) is 25.7 Å². The van der Waals surface area contributed by atoms with Crippen LogP contribution < -0.4 is 5.69 Å². The summed E-state index contributed by atoms with van der Waals surface area (Å²) >= 11 is 0. The van der Waals surface area contributed by atoms with Crippen LogP contribution in [0.3, 0.4) is 0 Å². The van der Waals surface area contributed by atoms with Crippen molar-refractivity contribution in [3.8, 4) is 0 Å². The number of hydrogen-bond acceptors (Lipinski definition) is 5. The number of halogens is 1. The Hall–Kier alpha value is -2.25. The van der Waals surface area contributed by atoms with Crippen molar-refractivity contribution >= 4 is 18.2 Å². The molecular formula is C13H17FN4O3. The minimum Gasteiger partial charge on any atom is -0.446 e. The van der Waals surface area contributed by atoms with Crippen LogP contribution in [-0.4, -0.2) is 47.1 Å². The second kappa shape index (κ2) is 6.47. The molecule has 0 N–H and O–H groups in total. The molecule has 1 aromatic heterocycles. The number of ether oxygens (including phenoxy) is 1. The third-order valence-electron chi connectivity index (χ3n) is 3.04. The van der Waals surface area contributed by atoms with Gasteiger partial charge in [0.2, 0.25) is 0 Å². The molecule has 0 unspecified atom stereocenters. The highest BCUT2D eigenvalue weighted by Crippen LogP contribution is 2.21. The van der Waals surface area contributed by atoms with E-state index in [0.29, 0.717) is 4.57 Å². The second-order valence-electron chi connectivity index (χ2n) is 5.06. The maximum absolute atomic E-state index is 13.8. The Morgan fingerprint density at radius 2 is 2.19 bits per heavy atom. The summed E-state index contributed by atoms with van der Waals surface area (Å²) in [6.07, 6.45) is 4.46. The Bertz CT molecular complexity index is 606. The molecule has 2 rings (SSSR count). The highest BCUT2D eigenvalue weighted by molar-refractivity contribution is 5.70. The highest BCUT2D eigenvalue weighted by atomic mass is 19.1. The van der Waals surface area contributed by atoms with E-state index in [-0.39, 0.29) is 11.9 Å². The number of carbonyl (C=O) groups excluding carboxylic acids is 1. The molecule has 0 aliphatic heterocycles. The summed E-state index contributed by atoms with van der Waals surface area (Å²) in [6, 6.07) is 0. The lowest BCUT2D eigenvalue weighted by molar-refractivity contribution is 0.101. The Kier molecular flexibility index (Phi) is 4.66. The molecule has 1 heterocycles. The van der Waals surface area contributed by atoms with Crippen LogP contribution in [0.4, 0.5) is 15.0 Å². The molecule has 8 heteroatoms. The highest BCUT2D eigenvalue weighted by Gasteiger charge is 2.22. The first-order chi connectivity index (χ1) is 9.97. The minimum absolute atomic E-state index is 0.209. The molecule has 0 saturated heterocycles. The van der Waals surface area contributed by atoms with Crippen molar-refractivity contribution < 1.29 is 13.9 Å². The predicted molar refractivity (Wildman–Crippen MR) is 74.4 cm³/mol. The van der Waals surface area contributed by atoms with E-state index in [1.807, 2.05) is 0 Å². The van der Waals surface area contributed by atoms with E-state index in [2.05, 4.69) is 9.98 Å². The number of nitrogens with zero attached hydrogens (tertiary/aromatic N) is 4. The van der Waals surface area contributed by atoms with E-state index in [9.17, 15) is 14.0 Å². The maximum atomic E-state index is 13.8. The average Bonchev–Trinajstić information content (AvgIpc) is 2.91. The molecule has 1 aliphatic rings. The van der Waals surface area contributed by atoms with Gasteiger partial charge in [0.1, 0.15) is 6.10 Å². The fourth-order valence-electron chi connectivity index (χ4n) is 2.02. The molecule has 1 saturated carbocycles. The molecule has 114 valence electrons. The summed E-state index contributed by atoms with van der Waals surface area (Å²) in [5.41, 5.74) is -0.912. The van der Waals surface area contributed by atoms with Gasteiger partial charge in [0.05, 0.1) is 12.5 Å². The molecule has 0 spiro atoms. The summed E-state index contributed by atoms with van der Waals surface area (Å²) in [5.74, 6) is -1.23. The monoisotopic (exact) mass is 296 g/mol. The van der Waals surface area contributed by atoms with Gasteiger partial charge in [0.25, 0.3) is 0 Å². The van der Waals surface area contributed by atoms with Gasteiger partial charge in [-0.25, -0.2) is 19.0 Å². The van der Waals surface area contributed by atoms with Crippen molar-refractivity contribution in [1.29, 1.82) is 0 Å². The first-order valence-corrected chi connectivity index (χ1v) is 6.68. The lowest BCUT2D eigenvalue weighted by Gasteiger charge is -2.12. The van der Waals surface area contributed by atoms with Gasteiger partial charge in [0, 0.05) is 14.1 Å². The van der Waals surface area contributed by atoms with Crippen molar-refractivity contribution in [2.45, 2.75) is 31.8 Å². The number of aliphatic imine (C=N–C) groups is 1. The van der Waals surface area contributed by atoms with Crippen LogP contribution in [0.2, 0.25) is 0 Å². The van der Waals surface area contributed by atoms with E-state index >= 15 is 0 Å². The molecule has 0 bridgehead atoms. The summed E-state index contributed by atoms with van der Waals surface area (Å²) in [5, 5.41) is 0. The molecule has 1 fully saturated rings. The summed E-state index contributed by atoms with van der Waals surface area (Å²) in [7, 11) is 3.39. The molecule has 0 amide bonds. The van der Waals surface area contributed by atoms with E-state index in [0.717, 1.165) is 31.9 Å². The summed E-state index contributed by atoms with van der Waals surface area (Å²) < 4.78 is 19.5. The van der Waals surface area contributed by atoms with E-state index < -0.39 is 17.6 Å². The number of rotatable bonds is 3. The molecule has 7 nitrogen and oxygen atoms in total.